The number of aromatic amines is 1. The monoisotopic (exact) mass is 1330 g/mol. The number of benzene rings is 5. The number of phenolic OH excluding ortho intramolecular Hbond substituents is 1. The maximum absolute atomic E-state index is 15.0. The largest absolute Gasteiger partial charge is 0.508 e. The van der Waals surface area contributed by atoms with E-state index in [-0.39, 0.29) is 95.5 Å². The van der Waals surface area contributed by atoms with Crippen LogP contribution in [0, 0.1) is 5.92 Å². The molecule has 2 heterocycles. The molecule has 17 N–H and O–H groups in total. The fraction of sp³-hybridized carbons (Fsp3) is 0.377. The van der Waals surface area contributed by atoms with Crippen molar-refractivity contribution in [2.45, 2.75) is 127 Å². The quantitative estimate of drug-likeness (QED) is 0.0148. The number of para-hydroxylation sites is 1. The minimum absolute atomic E-state index is 0.000908. The number of carbonyl (C=O) groups is 10. The highest BCUT2D eigenvalue weighted by molar-refractivity contribution is 5.99. The molecule has 5 aromatic carbocycles. The number of aliphatic hydroxyl groups is 1. The van der Waals surface area contributed by atoms with Crippen molar-refractivity contribution in [2.75, 3.05) is 32.8 Å². The molecule has 8 atom stereocenters. The van der Waals surface area contributed by atoms with E-state index in [0.717, 1.165) is 5.56 Å². The number of aliphatic hydroxyl groups excluding tert-OH is 1. The van der Waals surface area contributed by atoms with Crippen LogP contribution in [0.25, 0.3) is 10.9 Å². The van der Waals surface area contributed by atoms with Crippen molar-refractivity contribution in [3.05, 3.63) is 174 Å². The van der Waals surface area contributed by atoms with Crippen LogP contribution in [-0.2, 0) is 85.1 Å². The molecule has 97 heavy (non-hydrogen) atoms. The maximum atomic E-state index is 15.0. The average molecular weight is 1340 g/mol. The number of primary amides is 1. The number of H-pyrrole nitrogens is 1. The van der Waals surface area contributed by atoms with Gasteiger partial charge in [-0.25, -0.2) is 4.79 Å². The smallest absolute Gasteiger partial charge is 0.408 e. The van der Waals surface area contributed by atoms with Gasteiger partial charge in [0.15, 0.2) is 5.96 Å². The second-order valence-electron chi connectivity index (χ2n) is 23.9. The lowest BCUT2D eigenvalue weighted by Crippen LogP contribution is -2.61. The van der Waals surface area contributed by atoms with Gasteiger partial charge in [-0.05, 0) is 84.0 Å². The third kappa shape index (κ3) is 23.5. The van der Waals surface area contributed by atoms with E-state index < -0.39 is 121 Å². The van der Waals surface area contributed by atoms with Crippen LogP contribution >= 0.6 is 0 Å². The van der Waals surface area contributed by atoms with E-state index in [1.54, 1.807) is 98.9 Å². The number of aromatic hydroxyl groups is 1. The number of alkyl carbamates (subject to hydrolysis) is 1. The molecule has 516 valence electrons. The van der Waals surface area contributed by atoms with Gasteiger partial charge in [-0.1, -0.05) is 135 Å². The summed E-state index contributed by atoms with van der Waals surface area (Å²) in [5, 5.41) is 43.0. The Balaban J connectivity index is 1.12. The van der Waals surface area contributed by atoms with Crippen LogP contribution in [0.3, 0.4) is 0 Å². The van der Waals surface area contributed by atoms with Gasteiger partial charge in [0, 0.05) is 49.5 Å². The molecule has 7 rings (SSSR count). The van der Waals surface area contributed by atoms with Gasteiger partial charge in [0.1, 0.15) is 60.7 Å². The third-order valence-electron chi connectivity index (χ3n) is 15.9. The van der Waals surface area contributed by atoms with E-state index in [2.05, 4.69) is 52.5 Å². The number of nitrogens with zero attached hydrogens (tertiary/aromatic N) is 2. The van der Waals surface area contributed by atoms with Gasteiger partial charge < -0.3 is 89.3 Å². The summed E-state index contributed by atoms with van der Waals surface area (Å²) in [5.74, 6) is -8.02. The first-order valence-electron chi connectivity index (χ1n) is 31.9. The summed E-state index contributed by atoms with van der Waals surface area (Å²) in [6.45, 7) is 1.89. The molecule has 0 aliphatic carbocycles. The number of phenols is 1. The Morgan fingerprint density at radius 1 is 0.588 bits per heavy atom. The molecule has 1 aliphatic heterocycles. The van der Waals surface area contributed by atoms with Crippen molar-refractivity contribution in [2.24, 2.45) is 28.1 Å². The Morgan fingerprint density at radius 3 is 1.68 bits per heavy atom. The predicted octanol–water partition coefficient (Wildman–Crippen LogP) is 1.01. The number of guanidine groups is 1. The SMILES string of the molecule is CC(C)C[C@H](NC(=O)[C@@H](Cc1ccccc1)NC(=O)[C@H](Cc1ccc(O)cc1)NC(=O)[C@H](CO)NC(=O)C(Cc1c[nH]c2ccccc12)NC(=O)[C@H](COCc1ccccc1)NC(=O)OCc1ccccc1)C(=O)N[C@@H](CCCN=C(N)N)C(=O)N1CCC[C@H]1C(=O)NCC(N)=O. The normalized spacial score (nSPS) is 14.8. The molecule has 1 unspecified atom stereocenters. The van der Waals surface area contributed by atoms with E-state index in [4.69, 9.17) is 26.7 Å². The summed E-state index contributed by atoms with van der Waals surface area (Å²) in [4.78, 5) is 149. The average Bonchev–Trinajstić information content (AvgIpc) is 1.73. The summed E-state index contributed by atoms with van der Waals surface area (Å²) in [5.41, 5.74) is 20.1. The topological polar surface area (TPSA) is 435 Å². The molecule has 0 saturated carbocycles. The summed E-state index contributed by atoms with van der Waals surface area (Å²) in [6.07, 6.45) is 1.00. The molecule has 1 aliphatic rings. The Bertz CT molecular complexity index is 3650. The Kier molecular flexibility index (Phi) is 28.3. The van der Waals surface area contributed by atoms with E-state index >= 15 is 0 Å². The molecule has 0 spiro atoms. The van der Waals surface area contributed by atoms with Gasteiger partial charge in [0.25, 0.3) is 0 Å². The molecule has 1 aromatic heterocycles. The number of ether oxygens (including phenoxy) is 2. The van der Waals surface area contributed by atoms with Gasteiger partial charge in [0.2, 0.25) is 53.2 Å². The number of nitrogens with two attached hydrogens (primary N) is 3. The lowest BCUT2D eigenvalue weighted by Gasteiger charge is -2.30. The first kappa shape index (κ1) is 73.5. The minimum atomic E-state index is -1.79. The molecule has 6 aromatic rings. The maximum Gasteiger partial charge on any atom is 0.408 e. The predicted molar refractivity (Wildman–Crippen MR) is 359 cm³/mol. The lowest BCUT2D eigenvalue weighted by atomic mass is 9.99. The van der Waals surface area contributed by atoms with E-state index in [1.165, 1.54) is 29.2 Å². The number of amides is 10. The highest BCUT2D eigenvalue weighted by Gasteiger charge is 2.40. The number of carbonyl (C=O) groups excluding carboxylic acids is 10. The number of fused-ring (bicyclic) bond motifs is 1. The van der Waals surface area contributed by atoms with E-state index in [1.807, 2.05) is 36.4 Å². The van der Waals surface area contributed by atoms with Crippen molar-refractivity contribution >= 4 is 76.1 Å². The number of hydrogen-bond donors (Lipinski definition) is 14. The Labute approximate surface area is 561 Å². The summed E-state index contributed by atoms with van der Waals surface area (Å²) >= 11 is 0. The molecule has 1 fully saturated rings. The van der Waals surface area contributed by atoms with Gasteiger partial charge in [-0.3, -0.25) is 48.1 Å². The standard InChI is InChI=1S/C69H86N14O14/c1-42(2)32-52(60(87)76-51(24-14-30-73-68(71)72)67(94)83-31-15-25-58(83)66(93)75-37-59(70)86)77-61(88)53(33-43-16-6-3-7-17-43)78-62(89)54(34-44-26-28-48(85)29-27-44)79-64(91)56(38-84)81-63(90)55(35-47-36-74-50-23-13-12-22-49(47)50)80-65(92)57(41-96-39-45-18-8-4-9-19-45)82-69(95)97-40-46-20-10-5-11-21-46/h3-13,16-23,26-29,36,42,51-58,74,84-85H,14-15,24-25,30-35,37-41H2,1-2H3,(H2,70,86)(H,75,93)(H,76,87)(H,77,88)(H,78,89)(H,79,91)(H,80,92)(H,81,90)(H,82,95)(H4,71,72,73)/t51-,52-,53+,54-,55?,56-,57-,58-/m0/s1. The van der Waals surface area contributed by atoms with Crippen molar-refractivity contribution < 1.29 is 67.6 Å². The fourth-order valence-corrected chi connectivity index (χ4v) is 10.9. The summed E-state index contributed by atoms with van der Waals surface area (Å²) in [7, 11) is 0. The zero-order chi connectivity index (χ0) is 69.8. The van der Waals surface area contributed by atoms with Crippen molar-refractivity contribution in [3.8, 4) is 5.75 Å². The zero-order valence-electron chi connectivity index (χ0n) is 54.1. The second kappa shape index (κ2) is 37.3. The number of nitrogens with one attached hydrogen (secondary N) is 9. The van der Waals surface area contributed by atoms with Gasteiger partial charge in [-0.2, -0.15) is 0 Å². The van der Waals surface area contributed by atoms with Crippen molar-refractivity contribution in [1.82, 2.24) is 52.4 Å². The Hall–Kier alpha value is -10.9. The number of likely N-dealkylation sites (tertiary alicyclic amines) is 1. The Morgan fingerprint density at radius 2 is 1.09 bits per heavy atom. The zero-order valence-corrected chi connectivity index (χ0v) is 54.1. The molecular weight excluding hydrogens is 1250 g/mol. The van der Waals surface area contributed by atoms with Crippen LogP contribution in [0.1, 0.15) is 73.8 Å². The minimum Gasteiger partial charge on any atom is -0.508 e. The van der Waals surface area contributed by atoms with Crippen LogP contribution in [0.4, 0.5) is 4.79 Å². The third-order valence-corrected chi connectivity index (χ3v) is 15.9. The highest BCUT2D eigenvalue weighted by Crippen LogP contribution is 2.22. The van der Waals surface area contributed by atoms with Crippen LogP contribution in [0.5, 0.6) is 5.75 Å². The number of rotatable bonds is 36. The first-order chi connectivity index (χ1) is 46.6. The van der Waals surface area contributed by atoms with Crippen molar-refractivity contribution in [1.29, 1.82) is 0 Å². The summed E-state index contributed by atoms with van der Waals surface area (Å²) in [6, 6.07) is 28.0. The van der Waals surface area contributed by atoms with Crippen LogP contribution in [0.2, 0.25) is 0 Å². The van der Waals surface area contributed by atoms with Gasteiger partial charge in [0.05, 0.1) is 26.4 Å². The lowest BCUT2D eigenvalue weighted by molar-refractivity contribution is -0.142. The second-order valence-corrected chi connectivity index (χ2v) is 23.9. The molecule has 28 heteroatoms. The molecule has 10 amide bonds. The summed E-state index contributed by atoms with van der Waals surface area (Å²) < 4.78 is 11.4. The number of aromatic nitrogens is 1. The van der Waals surface area contributed by atoms with Gasteiger partial charge >= 0.3 is 6.09 Å². The van der Waals surface area contributed by atoms with E-state index in [0.29, 0.717) is 39.6 Å². The van der Waals surface area contributed by atoms with Gasteiger partial charge in [-0.15, -0.1) is 0 Å². The van der Waals surface area contributed by atoms with Crippen molar-refractivity contribution in [3.63, 3.8) is 0 Å². The molecule has 0 bridgehead atoms. The van der Waals surface area contributed by atoms with Crippen LogP contribution < -0.4 is 59.7 Å². The first-order valence-corrected chi connectivity index (χ1v) is 31.9. The van der Waals surface area contributed by atoms with Crippen LogP contribution in [-0.4, -0.2) is 166 Å². The van der Waals surface area contributed by atoms with E-state index in [9.17, 15) is 58.2 Å². The number of hydrogen-bond acceptors (Lipinski definition) is 15. The molecule has 28 nitrogen and oxygen atoms in total. The molecular formula is C69H86N14O14. The molecule has 0 radical (unpaired) electrons. The fourth-order valence-electron chi connectivity index (χ4n) is 10.9. The molecule has 1 saturated heterocycles. The number of aliphatic imine (C=N–C) groups is 1. The highest BCUT2D eigenvalue weighted by atomic mass is 16.5. The van der Waals surface area contributed by atoms with Crippen LogP contribution in [0.15, 0.2) is 151 Å².